The number of aromatic nitrogens is 3. The minimum absolute atomic E-state index is 0. The van der Waals surface area contributed by atoms with Gasteiger partial charge in [0.1, 0.15) is 35.3 Å². The van der Waals surface area contributed by atoms with Crippen LogP contribution in [0.2, 0.25) is 10.0 Å². The van der Waals surface area contributed by atoms with E-state index >= 15 is 0 Å². The van der Waals surface area contributed by atoms with Crippen molar-refractivity contribution in [2.24, 2.45) is 0 Å². The molecule has 0 aliphatic rings. The first-order chi connectivity index (χ1) is 14.7. The summed E-state index contributed by atoms with van der Waals surface area (Å²) in [6.07, 6.45) is 3.13. The van der Waals surface area contributed by atoms with Crippen LogP contribution in [-0.2, 0) is 16.8 Å². The van der Waals surface area contributed by atoms with Gasteiger partial charge in [-0.25, -0.2) is 15.0 Å². The van der Waals surface area contributed by atoms with Gasteiger partial charge in [0.15, 0.2) is 0 Å². The fourth-order valence-electron chi connectivity index (χ4n) is 3.01. The summed E-state index contributed by atoms with van der Waals surface area (Å²) in [5.41, 5.74) is 3.94. The van der Waals surface area contributed by atoms with Crippen molar-refractivity contribution in [2.75, 3.05) is 0 Å². The Bertz CT molecular complexity index is 1220. The zero-order valence-corrected chi connectivity index (χ0v) is 18.3. The topological polar surface area (TPSA) is 65.0 Å². The number of pyridine rings is 1. The number of rotatable bonds is 4. The van der Waals surface area contributed by atoms with Gasteiger partial charge in [0.2, 0.25) is 11.8 Å². The number of nitrogens with zero attached hydrogens (tertiary/aromatic N) is 3. The van der Waals surface area contributed by atoms with Gasteiger partial charge >= 0.3 is 0 Å². The molecule has 0 aliphatic carbocycles. The Kier molecular flexibility index (Phi) is 6.24. The van der Waals surface area contributed by atoms with Crippen molar-refractivity contribution in [1.82, 2.24) is 15.0 Å². The summed E-state index contributed by atoms with van der Waals surface area (Å²) in [4.78, 5) is 13.6. The van der Waals surface area contributed by atoms with Crippen LogP contribution in [0.15, 0.2) is 88.1 Å². The van der Waals surface area contributed by atoms with Crippen LogP contribution in [0, 0.1) is 0 Å². The van der Waals surface area contributed by atoms with Crippen LogP contribution in [-0.4, -0.2) is 15.0 Å². The van der Waals surface area contributed by atoms with E-state index in [-0.39, 0.29) is 28.6 Å². The van der Waals surface area contributed by atoms with Crippen LogP contribution in [0.1, 0.15) is 0 Å². The molecule has 0 N–H and O–H groups in total. The molecule has 31 heavy (non-hydrogen) atoms. The second kappa shape index (κ2) is 9.07. The first-order valence-electron chi connectivity index (χ1n) is 9.08. The van der Waals surface area contributed by atoms with Crippen molar-refractivity contribution in [3.05, 3.63) is 89.3 Å². The number of benzene rings is 2. The zero-order valence-electron chi connectivity index (χ0n) is 15.8. The molecular formula is C23H13Cl2CoN3O2. The summed E-state index contributed by atoms with van der Waals surface area (Å²) >= 11 is 12.8. The molecule has 0 bridgehead atoms. The fraction of sp³-hybridized carbons (Fsp3) is 0. The average Bonchev–Trinajstić information content (AvgIpc) is 3.46. The molecular weight excluding hydrogens is 480 g/mol. The third-order valence-corrected chi connectivity index (χ3v) is 5.06. The maximum absolute atomic E-state index is 6.38. The molecule has 0 aliphatic heterocycles. The molecule has 0 fully saturated rings. The Morgan fingerprint density at radius 3 is 1.42 bits per heavy atom. The first kappa shape index (κ1) is 21.3. The maximum Gasteiger partial charge on any atom is 0.247 e. The second-order valence-corrected chi connectivity index (χ2v) is 7.27. The van der Waals surface area contributed by atoms with Crippen molar-refractivity contribution in [3.63, 3.8) is 0 Å². The van der Waals surface area contributed by atoms with Crippen molar-refractivity contribution in [1.29, 1.82) is 0 Å². The molecule has 8 heteroatoms. The molecule has 0 spiro atoms. The van der Waals surface area contributed by atoms with E-state index in [0.29, 0.717) is 32.8 Å². The maximum atomic E-state index is 6.38. The SMILES string of the molecule is Clc1cc(Cl)c(-c2nc(-c3ccccc3)co2)nc1-c1nc(-c2ccccc2)co1.[Co]. The van der Waals surface area contributed by atoms with Crippen LogP contribution < -0.4 is 0 Å². The van der Waals surface area contributed by atoms with Gasteiger partial charge in [-0.2, -0.15) is 0 Å². The minimum Gasteiger partial charge on any atom is -0.443 e. The van der Waals surface area contributed by atoms with Gasteiger partial charge in [-0.1, -0.05) is 83.9 Å². The van der Waals surface area contributed by atoms with Crippen molar-refractivity contribution >= 4 is 23.2 Å². The molecule has 0 amide bonds. The summed E-state index contributed by atoms with van der Waals surface area (Å²) in [5, 5.41) is 0.639. The third-order valence-electron chi connectivity index (χ3n) is 4.48. The smallest absolute Gasteiger partial charge is 0.247 e. The van der Waals surface area contributed by atoms with E-state index in [2.05, 4.69) is 15.0 Å². The molecule has 155 valence electrons. The largest absolute Gasteiger partial charge is 0.443 e. The summed E-state index contributed by atoms with van der Waals surface area (Å²) < 4.78 is 11.3. The summed E-state index contributed by atoms with van der Waals surface area (Å²) in [6.45, 7) is 0. The van der Waals surface area contributed by atoms with E-state index in [0.717, 1.165) is 11.1 Å². The van der Waals surface area contributed by atoms with E-state index in [1.54, 1.807) is 18.6 Å². The third kappa shape index (κ3) is 4.29. The average molecular weight is 493 g/mol. The number of hydrogen-bond donors (Lipinski definition) is 0. The Labute approximate surface area is 198 Å². The van der Waals surface area contributed by atoms with Crippen molar-refractivity contribution in [2.45, 2.75) is 0 Å². The molecule has 0 saturated heterocycles. The molecule has 5 aromatic rings. The van der Waals surface area contributed by atoms with E-state index in [1.165, 1.54) is 0 Å². The van der Waals surface area contributed by atoms with Crippen LogP contribution in [0.25, 0.3) is 45.7 Å². The number of hydrogen-bond acceptors (Lipinski definition) is 5. The molecule has 5 rings (SSSR count). The molecule has 0 unspecified atom stereocenters. The quantitative estimate of drug-likeness (QED) is 0.269. The minimum atomic E-state index is 0. The monoisotopic (exact) mass is 492 g/mol. The summed E-state index contributed by atoms with van der Waals surface area (Å²) in [5.74, 6) is 0.568. The van der Waals surface area contributed by atoms with Gasteiger partial charge in [-0.3, -0.25) is 0 Å². The second-order valence-electron chi connectivity index (χ2n) is 6.46. The van der Waals surface area contributed by atoms with Gasteiger partial charge in [-0.15, -0.1) is 0 Å². The summed E-state index contributed by atoms with van der Waals surface area (Å²) in [7, 11) is 0. The van der Waals surface area contributed by atoms with Gasteiger partial charge < -0.3 is 8.83 Å². The molecule has 3 aromatic heterocycles. The predicted octanol–water partition coefficient (Wildman–Crippen LogP) is 7.03. The summed E-state index contributed by atoms with van der Waals surface area (Å²) in [6, 6.07) is 21.0. The Morgan fingerprint density at radius 1 is 0.581 bits per heavy atom. The number of halogens is 2. The van der Waals surface area contributed by atoms with Gasteiger partial charge in [0.25, 0.3) is 0 Å². The van der Waals surface area contributed by atoms with Gasteiger partial charge in [-0.05, 0) is 6.07 Å². The van der Waals surface area contributed by atoms with E-state index < -0.39 is 0 Å². The predicted molar refractivity (Wildman–Crippen MR) is 116 cm³/mol. The molecule has 0 atom stereocenters. The van der Waals surface area contributed by atoms with Crippen LogP contribution in [0.5, 0.6) is 0 Å². The Balaban J connectivity index is 0.00000231. The zero-order chi connectivity index (χ0) is 20.5. The van der Waals surface area contributed by atoms with Crippen molar-refractivity contribution < 1.29 is 25.6 Å². The first-order valence-corrected chi connectivity index (χ1v) is 9.83. The molecule has 3 heterocycles. The molecule has 1 radical (unpaired) electrons. The van der Waals surface area contributed by atoms with Crippen molar-refractivity contribution in [3.8, 4) is 45.7 Å². The van der Waals surface area contributed by atoms with Crippen LogP contribution in [0.3, 0.4) is 0 Å². The van der Waals surface area contributed by atoms with Gasteiger partial charge in [0.05, 0.1) is 10.0 Å². The number of oxazole rings is 2. The standard InChI is InChI=1S/C23H13Cl2N3O2.Co/c24-16-11-17(25)21(23-27-19(13-30-23)15-9-5-2-6-10-15)28-20(16)22-26-18(12-29-22)14-7-3-1-4-8-14;/h1-13H;. The Morgan fingerprint density at radius 2 is 1.00 bits per heavy atom. The fourth-order valence-corrected chi connectivity index (χ4v) is 3.53. The van der Waals surface area contributed by atoms with E-state index in [1.807, 2.05) is 60.7 Å². The van der Waals surface area contributed by atoms with Crippen LogP contribution >= 0.6 is 23.2 Å². The van der Waals surface area contributed by atoms with Crippen LogP contribution in [0.4, 0.5) is 0 Å². The van der Waals surface area contributed by atoms with E-state index in [4.69, 9.17) is 32.0 Å². The Hall–Kier alpha value is -2.90. The molecule has 2 aromatic carbocycles. The van der Waals surface area contributed by atoms with E-state index in [9.17, 15) is 0 Å². The van der Waals surface area contributed by atoms with Gasteiger partial charge in [0, 0.05) is 27.9 Å². The molecule has 0 saturated carbocycles. The molecule has 5 nitrogen and oxygen atoms in total. The normalized spacial score (nSPS) is 10.6.